The van der Waals surface area contributed by atoms with E-state index in [2.05, 4.69) is 72.8 Å². The van der Waals surface area contributed by atoms with E-state index in [9.17, 15) is 9.90 Å². The zero-order valence-electron chi connectivity index (χ0n) is 38.0. The molecule has 0 saturated carbocycles. The molecule has 0 atom stereocenters. The number of hydrogen-bond donors (Lipinski definition) is 1. The summed E-state index contributed by atoms with van der Waals surface area (Å²) in [5, 5.41) is 9.77. The maximum absolute atomic E-state index is 11.9. The molecule has 4 aliphatic rings. The van der Waals surface area contributed by atoms with Gasteiger partial charge in [0.15, 0.2) is 0 Å². The summed E-state index contributed by atoms with van der Waals surface area (Å²) < 4.78 is 74.1. The summed E-state index contributed by atoms with van der Waals surface area (Å²) in [6.45, 7) is 6.11. The molecule has 0 radical (unpaired) electrons. The number of carboxylic acids is 1. The van der Waals surface area contributed by atoms with Crippen LogP contribution in [0.4, 0.5) is 0 Å². The topological polar surface area (TPSA) is 148 Å². The number of fused-ring (bicyclic) bond motifs is 12. The molecule has 3 heterocycles. The lowest BCUT2D eigenvalue weighted by molar-refractivity contribution is -0.00706. The molecule has 5 aromatic carbocycles. The van der Waals surface area contributed by atoms with Crippen LogP contribution in [0.25, 0.3) is 0 Å². The molecule has 5 aromatic rings. The van der Waals surface area contributed by atoms with Crippen LogP contribution in [0.2, 0.25) is 0 Å². The lowest BCUT2D eigenvalue weighted by Gasteiger charge is -2.23. The number of para-hydroxylation sites is 4. The van der Waals surface area contributed by atoms with E-state index in [0.717, 1.165) is 67.5 Å². The molecule has 9 rings (SSSR count). The Kier molecular flexibility index (Phi) is 18.0. The minimum absolute atomic E-state index is 0.0528. The summed E-state index contributed by atoms with van der Waals surface area (Å²) in [6, 6.07) is 29.8. The van der Waals surface area contributed by atoms with Crippen molar-refractivity contribution in [1.29, 1.82) is 0 Å². The Labute approximate surface area is 391 Å². The number of carboxylic acid groups (broad SMARTS) is 1. The smallest absolute Gasteiger partial charge is 0.335 e. The van der Waals surface area contributed by atoms with Crippen LogP contribution >= 0.6 is 0 Å². The minimum Gasteiger partial charge on any atom is -0.491 e. The van der Waals surface area contributed by atoms with Crippen LogP contribution in [0.5, 0.6) is 34.5 Å². The van der Waals surface area contributed by atoms with Crippen molar-refractivity contribution < 1.29 is 66.7 Å². The second-order valence-corrected chi connectivity index (χ2v) is 16.1. The molecule has 67 heavy (non-hydrogen) atoms. The maximum Gasteiger partial charge on any atom is 0.335 e. The molecule has 14 bridgehead atoms. The Morgan fingerprint density at radius 1 is 0.313 bits per heavy atom. The van der Waals surface area contributed by atoms with Crippen molar-refractivity contribution in [2.75, 3.05) is 119 Å². The molecule has 0 unspecified atom stereocenters. The molecule has 356 valence electrons. The van der Waals surface area contributed by atoms with E-state index in [0.29, 0.717) is 103 Å². The van der Waals surface area contributed by atoms with Gasteiger partial charge in [0.05, 0.1) is 84.8 Å². The first-order valence-corrected chi connectivity index (χ1v) is 23.1. The lowest BCUT2D eigenvalue weighted by Crippen LogP contribution is -2.15. The van der Waals surface area contributed by atoms with Gasteiger partial charge in [0.1, 0.15) is 74.1 Å². The molecule has 0 amide bonds. The Morgan fingerprint density at radius 3 is 0.776 bits per heavy atom. The van der Waals surface area contributed by atoms with Crippen LogP contribution in [0.3, 0.4) is 0 Å². The van der Waals surface area contributed by atoms with Crippen molar-refractivity contribution >= 4 is 5.97 Å². The van der Waals surface area contributed by atoms with Gasteiger partial charge in [0.2, 0.25) is 0 Å². The molecule has 14 heteroatoms. The number of hydrogen-bond acceptors (Lipinski definition) is 13. The maximum atomic E-state index is 11.9. The normalized spacial score (nSPS) is 17.6. The number of carbonyl (C=O) groups is 1. The van der Waals surface area contributed by atoms with Crippen molar-refractivity contribution in [3.05, 3.63) is 141 Å². The van der Waals surface area contributed by atoms with Crippen molar-refractivity contribution in [3.8, 4) is 34.5 Å². The Bertz CT molecular complexity index is 2130. The number of ether oxygens (including phenoxy) is 12. The third kappa shape index (κ3) is 13.8. The zero-order valence-corrected chi connectivity index (χ0v) is 38.0. The van der Waals surface area contributed by atoms with E-state index in [-0.39, 0.29) is 58.4 Å². The zero-order chi connectivity index (χ0) is 45.9. The summed E-state index contributed by atoms with van der Waals surface area (Å²) in [6.07, 6.45) is 2.11. The van der Waals surface area contributed by atoms with Gasteiger partial charge in [0.25, 0.3) is 0 Å². The van der Waals surface area contributed by atoms with Gasteiger partial charge in [-0.2, -0.15) is 0 Å². The SMILES string of the molecule is O=C(O)c1cc2cc(c1)OCCOCCOc1c3cccc1Cc1cccc4c1OCCOCCOCCOCCOCCOc1c(cccc1C3)Cc1cccc(c1OCCOCCO2)C4. The number of benzene rings is 5. The Balaban J connectivity index is 1.19. The van der Waals surface area contributed by atoms with E-state index >= 15 is 0 Å². The van der Waals surface area contributed by atoms with Gasteiger partial charge in [-0.1, -0.05) is 72.8 Å². The van der Waals surface area contributed by atoms with Gasteiger partial charge in [-0.3, -0.25) is 0 Å². The first-order valence-electron chi connectivity index (χ1n) is 23.1. The summed E-state index contributed by atoms with van der Waals surface area (Å²) >= 11 is 0. The molecule has 0 aromatic heterocycles. The van der Waals surface area contributed by atoms with Crippen LogP contribution < -0.4 is 28.4 Å². The lowest BCUT2D eigenvalue weighted by atomic mass is 9.91. The second-order valence-electron chi connectivity index (χ2n) is 16.1. The van der Waals surface area contributed by atoms with Crippen molar-refractivity contribution in [1.82, 2.24) is 0 Å². The average Bonchev–Trinajstić information content (AvgIpc) is 3.32. The van der Waals surface area contributed by atoms with E-state index in [1.165, 1.54) is 12.1 Å². The third-order valence-electron chi connectivity index (χ3n) is 11.4. The van der Waals surface area contributed by atoms with Crippen LogP contribution in [0.1, 0.15) is 54.9 Å². The first kappa shape index (κ1) is 47.6. The fraction of sp³-hybridized carbons (Fsp3) is 0.415. The van der Waals surface area contributed by atoms with Crippen LogP contribution in [0.15, 0.2) is 91.0 Å². The first-order chi connectivity index (χ1) is 33.1. The van der Waals surface area contributed by atoms with Gasteiger partial charge in [-0.15, -0.1) is 0 Å². The largest absolute Gasteiger partial charge is 0.491 e. The highest BCUT2D eigenvalue weighted by Gasteiger charge is 2.22. The standard InChI is InChI=1S/C53H60O14/c54-53(55)46-35-47-37-48(36-46)63-26-20-61-24-30-67-52-43-10-4-12-45(52)34-41-8-2-7-40-33-44-11-3-9-42(51(44)66-29-23-60-19-25-62-47)31-38-5-1-6-39(32-43)49(38)64-27-21-58-17-15-56-13-14-57-16-18-59-22-28-65-50(40)41/h1-12,35-37H,13-34H2,(H,54,55). The van der Waals surface area contributed by atoms with Crippen LogP contribution in [-0.2, 0) is 54.1 Å². The third-order valence-corrected chi connectivity index (χ3v) is 11.4. The monoisotopic (exact) mass is 920 g/mol. The minimum atomic E-state index is -1.09. The van der Waals surface area contributed by atoms with E-state index in [1.54, 1.807) is 6.07 Å². The summed E-state index contributed by atoms with van der Waals surface area (Å²) in [5.41, 5.74) is 8.04. The van der Waals surface area contributed by atoms with Crippen LogP contribution in [0, 0.1) is 0 Å². The Morgan fingerprint density at radius 2 is 0.537 bits per heavy atom. The number of rotatable bonds is 1. The summed E-state index contributed by atoms with van der Waals surface area (Å²) in [5.74, 6) is 2.75. The van der Waals surface area contributed by atoms with Gasteiger partial charge < -0.3 is 61.9 Å². The molecule has 1 aliphatic carbocycles. The summed E-state index contributed by atoms with van der Waals surface area (Å²) in [7, 11) is 0. The molecule has 0 spiro atoms. The fourth-order valence-corrected chi connectivity index (χ4v) is 8.30. The van der Waals surface area contributed by atoms with Crippen LogP contribution in [-0.4, -0.2) is 130 Å². The van der Waals surface area contributed by atoms with Crippen molar-refractivity contribution in [3.63, 3.8) is 0 Å². The van der Waals surface area contributed by atoms with Gasteiger partial charge >= 0.3 is 5.97 Å². The molecule has 14 nitrogen and oxygen atoms in total. The van der Waals surface area contributed by atoms with Gasteiger partial charge in [-0.05, 0) is 56.6 Å². The Hall–Kier alpha value is -5.87. The fourth-order valence-electron chi connectivity index (χ4n) is 8.30. The average molecular weight is 921 g/mol. The molecular formula is C53H60O14. The van der Waals surface area contributed by atoms with E-state index in [1.807, 2.05) is 0 Å². The molecular weight excluding hydrogens is 861 g/mol. The molecule has 1 N–H and O–H groups in total. The predicted octanol–water partition coefficient (Wildman–Crippen LogP) is 7.16. The van der Waals surface area contributed by atoms with Crippen molar-refractivity contribution in [2.24, 2.45) is 0 Å². The van der Waals surface area contributed by atoms with E-state index < -0.39 is 5.97 Å². The van der Waals surface area contributed by atoms with E-state index in [4.69, 9.17) is 56.8 Å². The van der Waals surface area contributed by atoms with Crippen molar-refractivity contribution in [2.45, 2.75) is 25.7 Å². The molecule has 0 saturated heterocycles. The highest BCUT2D eigenvalue weighted by Crippen LogP contribution is 2.39. The predicted molar refractivity (Wildman–Crippen MR) is 248 cm³/mol. The molecule has 3 aliphatic heterocycles. The highest BCUT2D eigenvalue weighted by molar-refractivity contribution is 5.88. The number of aromatic carboxylic acids is 1. The second kappa shape index (κ2) is 25.3. The summed E-state index contributed by atoms with van der Waals surface area (Å²) in [4.78, 5) is 11.9. The van der Waals surface area contributed by atoms with Gasteiger partial charge in [0, 0.05) is 31.7 Å². The van der Waals surface area contributed by atoms with Gasteiger partial charge in [-0.25, -0.2) is 4.79 Å². The highest BCUT2D eigenvalue weighted by atomic mass is 16.6. The quantitative estimate of drug-likeness (QED) is 0.166. The molecule has 0 fully saturated rings.